The SMILES string of the molecule is CC(C)(C)c1ccc2c(c1)c1cc(C(C)(C)C)cc3c1n2-c1c2c(cc4c1C(C)(C)c1ccccc1-4)-c1cc4c(cc1N(c1ccc(-c5ccccc5)cc1)B23)C(C)(C)c1ccccc1C4(C)C. The summed E-state index contributed by atoms with van der Waals surface area (Å²) in [5.41, 5.74) is 27.6. The number of hydrogen-bond acceptors (Lipinski definition) is 1. The zero-order valence-corrected chi connectivity index (χ0v) is 41.9. The Morgan fingerprint density at radius 1 is 0.441 bits per heavy atom. The maximum atomic E-state index is 2.77. The molecule has 2 nitrogen and oxygen atoms in total. The van der Waals surface area contributed by atoms with Crippen LogP contribution in [0, 0.1) is 0 Å². The summed E-state index contributed by atoms with van der Waals surface area (Å²) in [7, 11) is 0. The van der Waals surface area contributed by atoms with Gasteiger partial charge in [0.1, 0.15) is 0 Å². The third-order valence-electron chi connectivity index (χ3n) is 17.1. The molecule has 334 valence electrons. The Hall–Kier alpha value is -6.58. The molecule has 0 saturated heterocycles. The van der Waals surface area contributed by atoms with Gasteiger partial charge in [0.2, 0.25) is 0 Å². The van der Waals surface area contributed by atoms with Crippen molar-refractivity contribution < 1.29 is 0 Å². The lowest BCUT2D eigenvalue weighted by molar-refractivity contribution is 0.521. The molecule has 0 N–H and O–H groups in total. The van der Waals surface area contributed by atoms with Gasteiger partial charge in [-0.3, -0.25) is 0 Å². The third kappa shape index (κ3) is 5.37. The molecule has 8 aromatic carbocycles. The minimum absolute atomic E-state index is 0.000641. The summed E-state index contributed by atoms with van der Waals surface area (Å²) in [4.78, 5) is 2.77. The molecule has 2 aliphatic heterocycles. The molecule has 0 amide bonds. The number of hydrogen-bond donors (Lipinski definition) is 0. The van der Waals surface area contributed by atoms with E-state index in [1.807, 2.05) is 0 Å². The fraction of sp³-hybridized carbons (Fsp3) is 0.262. The van der Waals surface area contributed by atoms with Gasteiger partial charge in [-0.15, -0.1) is 0 Å². The summed E-state index contributed by atoms with van der Waals surface area (Å²) < 4.78 is 2.74. The van der Waals surface area contributed by atoms with Gasteiger partial charge in [-0.1, -0.05) is 186 Å². The molecule has 4 aliphatic rings. The minimum Gasteiger partial charge on any atom is -0.376 e. The summed E-state index contributed by atoms with van der Waals surface area (Å²) in [5, 5.41) is 2.69. The van der Waals surface area contributed by atoms with E-state index in [-0.39, 0.29) is 33.9 Å². The van der Waals surface area contributed by atoms with E-state index in [2.05, 4.69) is 244 Å². The first-order valence-electron chi connectivity index (χ1n) is 25.0. The first-order valence-corrected chi connectivity index (χ1v) is 25.0. The van der Waals surface area contributed by atoms with Crippen LogP contribution in [0.5, 0.6) is 0 Å². The van der Waals surface area contributed by atoms with Crippen molar-refractivity contribution in [1.29, 1.82) is 0 Å². The summed E-state index contributed by atoms with van der Waals surface area (Å²) in [6.45, 7) is 28.9. The first kappa shape index (κ1) is 41.6. The molecule has 3 heteroatoms. The quantitative estimate of drug-likeness (QED) is 0.157. The van der Waals surface area contributed by atoms with Gasteiger partial charge in [-0.05, 0) is 143 Å². The lowest BCUT2D eigenvalue weighted by Crippen LogP contribution is -2.61. The van der Waals surface area contributed by atoms with Crippen molar-refractivity contribution in [2.24, 2.45) is 0 Å². The molecule has 0 bridgehead atoms. The number of fused-ring (bicyclic) bond motifs is 13. The summed E-state index contributed by atoms with van der Waals surface area (Å²) in [6.07, 6.45) is 0. The predicted octanol–water partition coefficient (Wildman–Crippen LogP) is 15.6. The second-order valence-electron chi connectivity index (χ2n) is 24.2. The lowest BCUT2D eigenvalue weighted by atomic mass is 9.43. The monoisotopic (exact) mass is 880 g/mol. The van der Waals surface area contributed by atoms with Crippen LogP contribution in [0.25, 0.3) is 60.9 Å². The van der Waals surface area contributed by atoms with Crippen LogP contribution in [-0.4, -0.2) is 11.4 Å². The second kappa shape index (κ2) is 13.4. The van der Waals surface area contributed by atoms with E-state index in [0.29, 0.717) is 0 Å². The highest BCUT2D eigenvalue weighted by Crippen LogP contribution is 2.58. The average Bonchev–Trinajstić information content (AvgIpc) is 3.77. The molecule has 0 saturated carbocycles. The van der Waals surface area contributed by atoms with E-state index in [4.69, 9.17) is 0 Å². The first-order chi connectivity index (χ1) is 32.3. The van der Waals surface area contributed by atoms with E-state index in [1.165, 1.54) is 128 Å². The largest absolute Gasteiger partial charge is 0.376 e. The highest BCUT2D eigenvalue weighted by Gasteiger charge is 2.51. The van der Waals surface area contributed by atoms with Crippen LogP contribution >= 0.6 is 0 Å². The van der Waals surface area contributed by atoms with Crippen LogP contribution in [0.15, 0.2) is 152 Å². The van der Waals surface area contributed by atoms with Crippen molar-refractivity contribution >= 4 is 51.0 Å². The summed E-state index contributed by atoms with van der Waals surface area (Å²) >= 11 is 0. The molecule has 0 unspecified atom stereocenters. The summed E-state index contributed by atoms with van der Waals surface area (Å²) in [5.74, 6) is 0. The van der Waals surface area contributed by atoms with Crippen LogP contribution in [0.3, 0.4) is 0 Å². The van der Waals surface area contributed by atoms with Crippen molar-refractivity contribution in [3.05, 3.63) is 196 Å². The maximum absolute atomic E-state index is 2.77. The number of rotatable bonds is 2. The fourth-order valence-corrected chi connectivity index (χ4v) is 13.4. The minimum atomic E-state index is -0.244. The van der Waals surface area contributed by atoms with Crippen molar-refractivity contribution in [2.45, 2.75) is 110 Å². The van der Waals surface area contributed by atoms with Gasteiger partial charge in [0.15, 0.2) is 0 Å². The molecule has 2 aliphatic carbocycles. The predicted molar refractivity (Wildman–Crippen MR) is 291 cm³/mol. The molecule has 0 fully saturated rings. The van der Waals surface area contributed by atoms with E-state index in [9.17, 15) is 0 Å². The highest BCUT2D eigenvalue weighted by atomic mass is 15.1. The van der Waals surface area contributed by atoms with Gasteiger partial charge in [-0.2, -0.15) is 0 Å². The maximum Gasteiger partial charge on any atom is 0.333 e. The molecule has 0 spiro atoms. The molecule has 13 rings (SSSR count). The average molecular weight is 881 g/mol. The van der Waals surface area contributed by atoms with E-state index in [0.717, 1.165) is 0 Å². The van der Waals surface area contributed by atoms with Gasteiger partial charge < -0.3 is 9.38 Å². The molecular weight excluding hydrogens is 820 g/mol. The Balaban J connectivity index is 1.23. The Morgan fingerprint density at radius 3 is 1.69 bits per heavy atom. The third-order valence-corrected chi connectivity index (χ3v) is 17.1. The highest BCUT2D eigenvalue weighted by molar-refractivity contribution is 6.93. The number of benzene rings is 8. The topological polar surface area (TPSA) is 8.17 Å². The van der Waals surface area contributed by atoms with E-state index >= 15 is 0 Å². The molecule has 9 aromatic rings. The standard InChI is InChI=1S/C65H61BN2/c1-61(2,3)40-28-31-55-44(32-40)48-33-41(62(4,5)6)34-54-59(48)67(55)60-57-46(43-22-16-17-23-49(43)65(57,11)12)35-47-45-36-52-53(64(9,10)51-25-19-18-24-50(51)63(52,7)8)37-56(45)68(66(54)58(47)60)42-29-26-39(27-30-42)38-20-14-13-15-21-38/h13-37H,1-12H3. The van der Waals surface area contributed by atoms with Crippen molar-refractivity contribution in [2.75, 3.05) is 4.81 Å². The normalized spacial score (nSPS) is 16.5. The molecule has 0 radical (unpaired) electrons. The molecule has 3 heterocycles. The van der Waals surface area contributed by atoms with Crippen LogP contribution in [0.1, 0.15) is 128 Å². The lowest BCUT2D eigenvalue weighted by Gasteiger charge is -2.48. The Bertz CT molecular complexity index is 3660. The van der Waals surface area contributed by atoms with Gasteiger partial charge in [0.25, 0.3) is 0 Å². The van der Waals surface area contributed by atoms with Crippen molar-refractivity contribution in [3.63, 3.8) is 0 Å². The smallest absolute Gasteiger partial charge is 0.333 e. The number of aromatic nitrogens is 1. The Labute approximate surface area is 403 Å². The zero-order chi connectivity index (χ0) is 47.2. The van der Waals surface area contributed by atoms with E-state index < -0.39 is 0 Å². The van der Waals surface area contributed by atoms with Crippen LogP contribution in [-0.2, 0) is 27.1 Å². The summed E-state index contributed by atoms with van der Waals surface area (Å²) in [6, 6.07) is 59.2. The molecule has 1 aromatic heterocycles. The van der Waals surface area contributed by atoms with Gasteiger partial charge >= 0.3 is 6.85 Å². The van der Waals surface area contributed by atoms with Crippen molar-refractivity contribution in [1.82, 2.24) is 4.57 Å². The number of anilines is 2. The van der Waals surface area contributed by atoms with Crippen LogP contribution in [0.4, 0.5) is 11.4 Å². The van der Waals surface area contributed by atoms with Gasteiger partial charge in [0, 0.05) is 49.6 Å². The van der Waals surface area contributed by atoms with Gasteiger partial charge in [0.05, 0.1) is 11.0 Å². The number of nitrogens with zero attached hydrogens (tertiary/aromatic N) is 2. The van der Waals surface area contributed by atoms with Crippen LogP contribution in [0.2, 0.25) is 0 Å². The van der Waals surface area contributed by atoms with Crippen LogP contribution < -0.4 is 15.7 Å². The fourth-order valence-electron chi connectivity index (χ4n) is 13.4. The molecular formula is C65H61BN2. The van der Waals surface area contributed by atoms with Gasteiger partial charge in [-0.25, -0.2) is 0 Å². The Morgan fingerprint density at radius 2 is 1.03 bits per heavy atom. The van der Waals surface area contributed by atoms with Crippen molar-refractivity contribution in [3.8, 4) is 39.1 Å². The molecule has 68 heavy (non-hydrogen) atoms. The van der Waals surface area contributed by atoms with E-state index in [1.54, 1.807) is 0 Å². The second-order valence-corrected chi connectivity index (χ2v) is 24.2. The molecule has 0 atom stereocenters. The Kier molecular flexibility index (Phi) is 8.17. The zero-order valence-electron chi connectivity index (χ0n) is 41.9.